The van der Waals surface area contributed by atoms with Gasteiger partial charge in [0.1, 0.15) is 0 Å². The van der Waals surface area contributed by atoms with Crippen LogP contribution in [0.5, 0.6) is 0 Å². The van der Waals surface area contributed by atoms with Gasteiger partial charge in [0.15, 0.2) is 8.46 Å². The molecule has 0 saturated carbocycles. The molecule has 2 nitrogen and oxygen atoms in total. The average Bonchev–Trinajstić information content (AvgIpc) is 2.38. The predicted octanol–water partition coefficient (Wildman–Crippen LogP) is 2.96. The zero-order chi connectivity index (χ0) is 11.2. The van der Waals surface area contributed by atoms with Crippen molar-refractivity contribution in [1.82, 2.24) is 4.90 Å². The lowest BCUT2D eigenvalue weighted by molar-refractivity contribution is 0.564. The molecule has 0 N–H and O–H groups in total. The van der Waals surface area contributed by atoms with Gasteiger partial charge in [-0.2, -0.15) is 0 Å². The van der Waals surface area contributed by atoms with Crippen LogP contribution >= 0.6 is 8.46 Å². The zero-order valence-corrected chi connectivity index (χ0v) is 9.68. The first-order chi connectivity index (χ1) is 7.90. The highest BCUT2D eigenvalue weighted by molar-refractivity contribution is 7.34. The van der Waals surface area contributed by atoms with Crippen molar-refractivity contribution in [2.45, 2.75) is 0 Å². The van der Waals surface area contributed by atoms with E-state index in [4.69, 9.17) is 0 Å². The maximum atomic E-state index is 10.9. The van der Waals surface area contributed by atoms with Crippen LogP contribution in [-0.2, 0) is 4.57 Å². The molecular weight excluding hydrogens is 217 g/mol. The molecule has 0 aliphatic carbocycles. The second-order valence-electron chi connectivity index (χ2n) is 3.43. The Morgan fingerprint density at radius 3 is 2.88 bits per heavy atom. The van der Waals surface area contributed by atoms with Crippen LogP contribution in [0.15, 0.2) is 54.9 Å². The summed E-state index contributed by atoms with van der Waals surface area (Å²) in [5.41, 5.74) is 0.988. The lowest BCUT2D eigenvalue weighted by Crippen LogP contribution is -2.11. The van der Waals surface area contributed by atoms with E-state index in [1.807, 2.05) is 54.9 Å². The Morgan fingerprint density at radius 1 is 1.25 bits per heavy atom. The number of nitrogens with zero attached hydrogens (tertiary/aromatic N) is 1. The second-order valence-corrected chi connectivity index (χ2v) is 4.10. The highest BCUT2D eigenvalue weighted by atomic mass is 31.1. The molecule has 80 valence electrons. The summed E-state index contributed by atoms with van der Waals surface area (Å²) in [6.45, 7) is 0.879. The lowest BCUT2D eigenvalue weighted by atomic mass is 10.2. The number of benzene rings is 1. The third-order valence-electron chi connectivity index (χ3n) is 2.32. The van der Waals surface area contributed by atoms with Crippen molar-refractivity contribution in [1.29, 1.82) is 0 Å². The van der Waals surface area contributed by atoms with Gasteiger partial charge < -0.3 is 4.90 Å². The summed E-state index contributed by atoms with van der Waals surface area (Å²) in [6.07, 6.45) is 12.1. The number of hydrogen-bond donors (Lipinski definition) is 0. The van der Waals surface area contributed by atoms with Gasteiger partial charge in [-0.25, -0.2) is 0 Å². The number of allylic oxidation sites excluding steroid dienone is 2. The first-order valence-corrected chi connectivity index (χ1v) is 5.91. The molecule has 1 aromatic rings. The molecule has 2 rings (SSSR count). The fraction of sp³-hybridized carbons (Fsp3) is 0.0769. The van der Waals surface area contributed by atoms with Crippen molar-refractivity contribution < 1.29 is 4.57 Å². The monoisotopic (exact) mass is 229 g/mol. The van der Waals surface area contributed by atoms with Gasteiger partial charge in [-0.3, -0.25) is 4.57 Å². The molecule has 0 fully saturated rings. The molecule has 0 radical (unpaired) electrons. The lowest BCUT2D eigenvalue weighted by Gasteiger charge is -2.14. The first-order valence-electron chi connectivity index (χ1n) is 5.10. The maximum Gasteiger partial charge on any atom is 0.192 e. The average molecular weight is 229 g/mol. The van der Waals surface area contributed by atoms with E-state index in [1.54, 1.807) is 0 Å². The van der Waals surface area contributed by atoms with Crippen molar-refractivity contribution in [2.24, 2.45) is 0 Å². The smallest absolute Gasteiger partial charge is 0.192 e. The summed E-state index contributed by atoms with van der Waals surface area (Å²) in [6, 6.07) is 7.65. The standard InChI is InChI=1S/C13H12NOP/c15-16-13-7-3-2-6-12(13)8-11-14-9-4-1-5-10-14/h1-9,11H,10H2. The second kappa shape index (κ2) is 5.43. The van der Waals surface area contributed by atoms with Gasteiger partial charge in [-0.15, -0.1) is 0 Å². The fourth-order valence-electron chi connectivity index (χ4n) is 1.48. The molecular formula is C13H12NOP. The fourth-order valence-corrected chi connectivity index (χ4v) is 1.88. The summed E-state index contributed by atoms with van der Waals surface area (Å²) in [5.74, 6) is 0. The molecule has 16 heavy (non-hydrogen) atoms. The molecule has 0 saturated heterocycles. The van der Waals surface area contributed by atoms with E-state index in [9.17, 15) is 4.57 Å². The molecule has 0 spiro atoms. The SMILES string of the molecule is O=Pc1ccccc1C=CN1C=CC=CC1. The summed E-state index contributed by atoms with van der Waals surface area (Å²) < 4.78 is 10.9. The molecule has 1 heterocycles. The van der Waals surface area contributed by atoms with Crippen LogP contribution in [0, 0.1) is 0 Å². The van der Waals surface area contributed by atoms with Crippen molar-refractivity contribution in [2.75, 3.05) is 6.54 Å². The Balaban J connectivity index is 2.13. The summed E-state index contributed by atoms with van der Waals surface area (Å²) in [5, 5.41) is 0.815. The van der Waals surface area contributed by atoms with Crippen LogP contribution in [0.2, 0.25) is 0 Å². The molecule has 0 atom stereocenters. The summed E-state index contributed by atoms with van der Waals surface area (Å²) in [7, 11) is 0.0632. The Labute approximate surface area is 96.8 Å². The minimum absolute atomic E-state index is 0.0632. The van der Waals surface area contributed by atoms with Crippen LogP contribution in [0.3, 0.4) is 0 Å². The van der Waals surface area contributed by atoms with Gasteiger partial charge in [-0.1, -0.05) is 30.4 Å². The Morgan fingerprint density at radius 2 is 2.12 bits per heavy atom. The minimum atomic E-state index is 0.0632. The van der Waals surface area contributed by atoms with E-state index >= 15 is 0 Å². The third kappa shape index (κ3) is 2.68. The van der Waals surface area contributed by atoms with E-state index < -0.39 is 0 Å². The van der Waals surface area contributed by atoms with Crippen molar-refractivity contribution >= 4 is 19.8 Å². The minimum Gasteiger partial charge on any atom is -0.350 e. The van der Waals surface area contributed by atoms with Crippen LogP contribution in [-0.4, -0.2) is 11.4 Å². The van der Waals surface area contributed by atoms with Gasteiger partial charge in [0.2, 0.25) is 0 Å². The Bertz CT molecular complexity index is 463. The highest BCUT2D eigenvalue weighted by Gasteiger charge is 1.98. The molecule has 0 amide bonds. The highest BCUT2D eigenvalue weighted by Crippen LogP contribution is 2.08. The normalized spacial score (nSPS) is 15.1. The first kappa shape index (κ1) is 10.8. The maximum absolute atomic E-state index is 10.9. The van der Waals surface area contributed by atoms with E-state index in [1.165, 1.54) is 0 Å². The number of hydrogen-bond acceptors (Lipinski definition) is 2. The van der Waals surface area contributed by atoms with E-state index in [0.717, 1.165) is 17.4 Å². The van der Waals surface area contributed by atoms with Crippen molar-refractivity contribution in [3.8, 4) is 0 Å². The van der Waals surface area contributed by atoms with E-state index in [-0.39, 0.29) is 8.46 Å². The van der Waals surface area contributed by atoms with Crippen LogP contribution in [0.25, 0.3) is 6.08 Å². The number of rotatable bonds is 3. The van der Waals surface area contributed by atoms with Crippen LogP contribution in [0.1, 0.15) is 5.56 Å². The Kier molecular flexibility index (Phi) is 3.68. The summed E-state index contributed by atoms with van der Waals surface area (Å²) in [4.78, 5) is 2.07. The zero-order valence-electron chi connectivity index (χ0n) is 8.78. The third-order valence-corrected chi connectivity index (χ3v) is 2.93. The summed E-state index contributed by atoms with van der Waals surface area (Å²) >= 11 is 0. The quantitative estimate of drug-likeness (QED) is 0.743. The molecule has 1 aliphatic rings. The molecule has 3 heteroatoms. The molecule has 0 aromatic heterocycles. The van der Waals surface area contributed by atoms with E-state index in [2.05, 4.69) is 11.0 Å². The van der Waals surface area contributed by atoms with Crippen molar-refractivity contribution in [3.63, 3.8) is 0 Å². The molecule has 0 bridgehead atoms. The van der Waals surface area contributed by atoms with Crippen LogP contribution < -0.4 is 5.30 Å². The van der Waals surface area contributed by atoms with Gasteiger partial charge in [-0.05, 0) is 23.8 Å². The Hall–Kier alpha value is -1.66. The van der Waals surface area contributed by atoms with Crippen LogP contribution in [0.4, 0.5) is 0 Å². The topological polar surface area (TPSA) is 20.3 Å². The van der Waals surface area contributed by atoms with Crippen molar-refractivity contribution in [3.05, 3.63) is 60.5 Å². The largest absolute Gasteiger partial charge is 0.350 e. The van der Waals surface area contributed by atoms with Gasteiger partial charge >= 0.3 is 0 Å². The van der Waals surface area contributed by atoms with Gasteiger partial charge in [0.25, 0.3) is 0 Å². The molecule has 0 unspecified atom stereocenters. The van der Waals surface area contributed by atoms with Gasteiger partial charge in [0, 0.05) is 18.9 Å². The predicted molar refractivity (Wildman–Crippen MR) is 67.7 cm³/mol. The molecule has 1 aromatic carbocycles. The van der Waals surface area contributed by atoms with E-state index in [0.29, 0.717) is 0 Å². The molecule has 1 aliphatic heterocycles. The van der Waals surface area contributed by atoms with Gasteiger partial charge in [0.05, 0.1) is 5.30 Å².